The minimum atomic E-state index is -1.41. The standard InChI is InChI=1S/C13H14F2N2O3/c1-7-5-8(2)16(6-7)13(18)11-9(14)3-4-10(12(11)15)17(19)20/h3-4,7-8H,5-6H2,1-2H3. The Bertz CT molecular complexity index is 577. The second kappa shape index (κ2) is 5.15. The summed E-state index contributed by atoms with van der Waals surface area (Å²) >= 11 is 0. The number of carbonyl (C=O) groups excluding carboxylic acids is 1. The number of carbonyl (C=O) groups is 1. The van der Waals surface area contributed by atoms with Crippen LogP contribution < -0.4 is 0 Å². The number of nitrogens with zero attached hydrogens (tertiary/aromatic N) is 2. The zero-order chi connectivity index (χ0) is 15.0. The topological polar surface area (TPSA) is 63.5 Å². The van der Waals surface area contributed by atoms with Gasteiger partial charge in [-0.05, 0) is 25.3 Å². The Morgan fingerprint density at radius 2 is 2.05 bits per heavy atom. The van der Waals surface area contributed by atoms with E-state index >= 15 is 0 Å². The molecule has 2 rings (SSSR count). The van der Waals surface area contributed by atoms with Gasteiger partial charge in [0, 0.05) is 18.7 Å². The third-order valence-corrected chi connectivity index (χ3v) is 3.53. The average Bonchev–Trinajstić information content (AvgIpc) is 2.67. The van der Waals surface area contributed by atoms with Crippen molar-refractivity contribution in [1.29, 1.82) is 0 Å². The number of likely N-dealkylation sites (tertiary alicyclic amines) is 1. The second-order valence-electron chi connectivity index (χ2n) is 5.16. The summed E-state index contributed by atoms with van der Waals surface area (Å²) in [4.78, 5) is 23.3. The zero-order valence-corrected chi connectivity index (χ0v) is 11.1. The lowest BCUT2D eigenvalue weighted by molar-refractivity contribution is -0.387. The number of hydrogen-bond donors (Lipinski definition) is 0. The number of rotatable bonds is 2. The van der Waals surface area contributed by atoms with Crippen molar-refractivity contribution >= 4 is 11.6 Å². The summed E-state index contributed by atoms with van der Waals surface area (Å²) in [6, 6.07) is 1.33. The van der Waals surface area contributed by atoms with Crippen LogP contribution in [0.3, 0.4) is 0 Å². The van der Waals surface area contributed by atoms with Crippen LogP contribution in [0.25, 0.3) is 0 Å². The predicted molar refractivity (Wildman–Crippen MR) is 67.3 cm³/mol. The van der Waals surface area contributed by atoms with Crippen molar-refractivity contribution in [2.45, 2.75) is 26.3 Å². The van der Waals surface area contributed by atoms with Crippen molar-refractivity contribution in [2.75, 3.05) is 6.54 Å². The number of amides is 1. The summed E-state index contributed by atoms with van der Waals surface area (Å²) in [5.74, 6) is -3.09. The Hall–Kier alpha value is -2.05. The van der Waals surface area contributed by atoms with E-state index in [0.717, 1.165) is 18.6 Å². The van der Waals surface area contributed by atoms with Crippen molar-refractivity contribution in [3.8, 4) is 0 Å². The number of nitro benzene ring substituents is 1. The molecule has 0 saturated carbocycles. The highest BCUT2D eigenvalue weighted by Crippen LogP contribution is 2.28. The molecule has 7 heteroatoms. The Kier molecular flexibility index (Phi) is 3.69. The molecular weight excluding hydrogens is 270 g/mol. The van der Waals surface area contributed by atoms with E-state index in [-0.39, 0.29) is 12.0 Å². The molecule has 0 radical (unpaired) electrons. The van der Waals surface area contributed by atoms with E-state index in [1.807, 2.05) is 6.92 Å². The third kappa shape index (κ3) is 2.35. The van der Waals surface area contributed by atoms with Gasteiger partial charge in [0.25, 0.3) is 5.91 Å². The molecule has 5 nitrogen and oxygen atoms in total. The fourth-order valence-electron chi connectivity index (χ4n) is 2.61. The fourth-order valence-corrected chi connectivity index (χ4v) is 2.61. The van der Waals surface area contributed by atoms with E-state index in [4.69, 9.17) is 0 Å². The lowest BCUT2D eigenvalue weighted by atomic mass is 10.1. The van der Waals surface area contributed by atoms with Crippen LogP contribution in [0, 0.1) is 27.7 Å². The summed E-state index contributed by atoms with van der Waals surface area (Å²) in [5, 5.41) is 10.7. The van der Waals surface area contributed by atoms with Crippen LogP contribution in [-0.4, -0.2) is 28.3 Å². The molecule has 0 bridgehead atoms. The third-order valence-electron chi connectivity index (χ3n) is 3.53. The van der Waals surface area contributed by atoms with Gasteiger partial charge in [-0.3, -0.25) is 14.9 Å². The van der Waals surface area contributed by atoms with E-state index in [2.05, 4.69) is 0 Å². The molecule has 2 atom stereocenters. The lowest BCUT2D eigenvalue weighted by Crippen LogP contribution is -2.35. The van der Waals surface area contributed by atoms with Gasteiger partial charge in [-0.2, -0.15) is 4.39 Å². The molecule has 1 amide bonds. The first-order chi connectivity index (χ1) is 9.32. The molecule has 0 spiro atoms. The SMILES string of the molecule is CC1CC(C)N(C(=O)c2c(F)ccc([N+](=O)[O-])c2F)C1. The monoisotopic (exact) mass is 284 g/mol. The molecule has 1 heterocycles. The first kappa shape index (κ1) is 14.4. The Labute approximate surface area is 114 Å². The molecule has 108 valence electrons. The maximum absolute atomic E-state index is 14.0. The minimum Gasteiger partial charge on any atom is -0.335 e. The summed E-state index contributed by atoms with van der Waals surface area (Å²) in [6.07, 6.45) is 0.740. The van der Waals surface area contributed by atoms with Crippen LogP contribution in [0.2, 0.25) is 0 Å². The van der Waals surface area contributed by atoms with Gasteiger partial charge in [-0.15, -0.1) is 0 Å². The maximum atomic E-state index is 14.0. The molecule has 1 aromatic carbocycles. The quantitative estimate of drug-likeness (QED) is 0.619. The van der Waals surface area contributed by atoms with Gasteiger partial charge in [0.2, 0.25) is 5.82 Å². The van der Waals surface area contributed by atoms with Gasteiger partial charge in [0.05, 0.1) is 4.92 Å². The first-order valence-electron chi connectivity index (χ1n) is 6.26. The van der Waals surface area contributed by atoms with Gasteiger partial charge in [-0.1, -0.05) is 6.92 Å². The van der Waals surface area contributed by atoms with E-state index in [9.17, 15) is 23.7 Å². The van der Waals surface area contributed by atoms with Crippen molar-refractivity contribution < 1.29 is 18.5 Å². The molecule has 2 unspecified atom stereocenters. The molecule has 1 aliphatic heterocycles. The molecule has 0 N–H and O–H groups in total. The lowest BCUT2D eigenvalue weighted by Gasteiger charge is -2.21. The molecule has 1 aromatic rings. The maximum Gasteiger partial charge on any atom is 0.305 e. The molecule has 20 heavy (non-hydrogen) atoms. The Morgan fingerprint density at radius 1 is 1.40 bits per heavy atom. The van der Waals surface area contributed by atoms with Crippen molar-refractivity contribution in [3.05, 3.63) is 39.4 Å². The Morgan fingerprint density at radius 3 is 2.55 bits per heavy atom. The minimum absolute atomic E-state index is 0.143. The van der Waals surface area contributed by atoms with Gasteiger partial charge in [0.1, 0.15) is 11.4 Å². The van der Waals surface area contributed by atoms with Crippen LogP contribution in [0.1, 0.15) is 30.6 Å². The first-order valence-corrected chi connectivity index (χ1v) is 6.26. The highest BCUT2D eigenvalue weighted by molar-refractivity contribution is 5.95. The summed E-state index contributed by atoms with van der Waals surface area (Å²) < 4.78 is 27.7. The van der Waals surface area contributed by atoms with Crippen molar-refractivity contribution in [2.24, 2.45) is 5.92 Å². The van der Waals surface area contributed by atoms with Crippen molar-refractivity contribution in [3.63, 3.8) is 0 Å². The Balaban J connectivity index is 2.44. The molecule has 1 saturated heterocycles. The molecule has 0 aromatic heterocycles. The zero-order valence-electron chi connectivity index (χ0n) is 11.1. The van der Waals surface area contributed by atoms with Gasteiger partial charge < -0.3 is 4.90 Å². The number of nitro groups is 1. The van der Waals surface area contributed by atoms with Crippen LogP contribution in [0.5, 0.6) is 0 Å². The van der Waals surface area contributed by atoms with Gasteiger partial charge in [-0.25, -0.2) is 4.39 Å². The van der Waals surface area contributed by atoms with E-state index in [0.29, 0.717) is 6.54 Å². The number of hydrogen-bond acceptors (Lipinski definition) is 3. The largest absolute Gasteiger partial charge is 0.335 e. The van der Waals surface area contributed by atoms with E-state index in [1.165, 1.54) is 4.90 Å². The highest BCUT2D eigenvalue weighted by atomic mass is 19.1. The summed E-state index contributed by atoms with van der Waals surface area (Å²) in [5.41, 5.74) is -1.74. The molecule has 1 fully saturated rings. The van der Waals surface area contributed by atoms with Crippen LogP contribution in [0.4, 0.5) is 14.5 Å². The number of benzene rings is 1. The highest BCUT2D eigenvalue weighted by Gasteiger charge is 2.35. The van der Waals surface area contributed by atoms with Crippen LogP contribution in [0.15, 0.2) is 12.1 Å². The number of halogens is 2. The van der Waals surface area contributed by atoms with Crippen molar-refractivity contribution in [1.82, 2.24) is 4.90 Å². The van der Waals surface area contributed by atoms with E-state index in [1.54, 1.807) is 6.92 Å². The van der Waals surface area contributed by atoms with Crippen LogP contribution in [-0.2, 0) is 0 Å². The molecular formula is C13H14F2N2O3. The smallest absolute Gasteiger partial charge is 0.305 e. The average molecular weight is 284 g/mol. The predicted octanol–water partition coefficient (Wildman–Crippen LogP) is 2.74. The van der Waals surface area contributed by atoms with E-state index < -0.39 is 33.7 Å². The van der Waals surface area contributed by atoms with Gasteiger partial charge in [0.15, 0.2) is 0 Å². The molecule has 0 aliphatic carbocycles. The summed E-state index contributed by atoms with van der Waals surface area (Å²) in [6.45, 7) is 4.11. The van der Waals surface area contributed by atoms with Crippen LogP contribution >= 0.6 is 0 Å². The normalized spacial score (nSPS) is 22.1. The molecule has 1 aliphatic rings. The summed E-state index contributed by atoms with van der Waals surface area (Å²) in [7, 11) is 0. The van der Waals surface area contributed by atoms with Gasteiger partial charge >= 0.3 is 5.69 Å². The second-order valence-corrected chi connectivity index (χ2v) is 5.16. The fraction of sp³-hybridized carbons (Fsp3) is 0.462.